The van der Waals surface area contributed by atoms with E-state index in [1.54, 1.807) is 26.2 Å². The fourth-order valence-corrected chi connectivity index (χ4v) is 3.73. The summed E-state index contributed by atoms with van der Waals surface area (Å²) in [4.78, 5) is 16.6. The molecule has 4 rings (SSSR count). The maximum atomic E-state index is 12.7. The van der Waals surface area contributed by atoms with Gasteiger partial charge < -0.3 is 29.3 Å². The molecule has 0 radical (unpaired) electrons. The first-order chi connectivity index (χ1) is 16.1. The van der Waals surface area contributed by atoms with Crippen molar-refractivity contribution >= 4 is 17.5 Å². The number of hydrogen-bond donors (Lipinski definition) is 1. The van der Waals surface area contributed by atoms with Crippen molar-refractivity contribution < 1.29 is 19.0 Å². The number of para-hydroxylation sites is 2. The lowest BCUT2D eigenvalue weighted by molar-refractivity contribution is 0.208. The molecule has 1 N–H and O–H groups in total. The minimum absolute atomic E-state index is 0.147. The Kier molecular flexibility index (Phi) is 6.77. The van der Waals surface area contributed by atoms with Crippen LogP contribution in [0.2, 0.25) is 0 Å². The van der Waals surface area contributed by atoms with E-state index in [0.717, 1.165) is 17.1 Å². The van der Waals surface area contributed by atoms with Gasteiger partial charge in [-0.15, -0.1) is 10.2 Å². The molecule has 9 nitrogen and oxygen atoms in total. The van der Waals surface area contributed by atoms with Crippen molar-refractivity contribution in [1.29, 1.82) is 0 Å². The molecule has 0 spiro atoms. The van der Waals surface area contributed by atoms with Gasteiger partial charge in [-0.1, -0.05) is 12.1 Å². The van der Waals surface area contributed by atoms with E-state index in [0.29, 0.717) is 49.1 Å². The number of rotatable bonds is 6. The Morgan fingerprint density at radius 1 is 0.848 bits per heavy atom. The van der Waals surface area contributed by atoms with Gasteiger partial charge in [0.05, 0.1) is 32.7 Å². The maximum absolute atomic E-state index is 12.7. The number of urea groups is 1. The van der Waals surface area contributed by atoms with Gasteiger partial charge >= 0.3 is 6.03 Å². The zero-order chi connectivity index (χ0) is 23.2. The van der Waals surface area contributed by atoms with Crippen LogP contribution in [-0.2, 0) is 0 Å². The molecule has 1 aromatic heterocycles. The highest BCUT2D eigenvalue weighted by Gasteiger charge is 2.23. The summed E-state index contributed by atoms with van der Waals surface area (Å²) in [6, 6.07) is 16.6. The second kappa shape index (κ2) is 10.1. The highest BCUT2D eigenvalue weighted by Crippen LogP contribution is 2.32. The quantitative estimate of drug-likeness (QED) is 0.616. The molecular formula is C24H27N5O4. The minimum Gasteiger partial charge on any atom is -0.497 e. The van der Waals surface area contributed by atoms with Crippen LogP contribution in [0.4, 0.5) is 16.3 Å². The average Bonchev–Trinajstić information content (AvgIpc) is 2.88. The van der Waals surface area contributed by atoms with Gasteiger partial charge in [-0.2, -0.15) is 0 Å². The number of benzene rings is 2. The van der Waals surface area contributed by atoms with E-state index in [1.807, 2.05) is 54.6 Å². The van der Waals surface area contributed by atoms with Gasteiger partial charge in [-0.05, 0) is 42.5 Å². The number of methoxy groups -OCH3 is 3. The van der Waals surface area contributed by atoms with Gasteiger partial charge in [0.15, 0.2) is 5.82 Å². The number of hydrogen-bond acceptors (Lipinski definition) is 7. The Morgan fingerprint density at radius 2 is 1.61 bits per heavy atom. The van der Waals surface area contributed by atoms with Gasteiger partial charge in [-0.25, -0.2) is 4.79 Å². The van der Waals surface area contributed by atoms with Crippen LogP contribution < -0.4 is 24.4 Å². The number of anilines is 2. The molecule has 1 aliphatic rings. The van der Waals surface area contributed by atoms with Gasteiger partial charge in [0.2, 0.25) is 0 Å². The van der Waals surface area contributed by atoms with Gasteiger partial charge in [0, 0.05) is 31.7 Å². The summed E-state index contributed by atoms with van der Waals surface area (Å²) in [7, 11) is 4.83. The molecule has 3 aromatic rings. The van der Waals surface area contributed by atoms with Gasteiger partial charge in [0.25, 0.3) is 0 Å². The lowest BCUT2D eigenvalue weighted by atomic mass is 10.1. The van der Waals surface area contributed by atoms with E-state index in [2.05, 4.69) is 20.4 Å². The number of nitrogens with one attached hydrogen (secondary N) is 1. The van der Waals surface area contributed by atoms with E-state index in [9.17, 15) is 4.79 Å². The second-order valence-electron chi connectivity index (χ2n) is 7.45. The Morgan fingerprint density at radius 3 is 2.27 bits per heavy atom. The molecule has 1 saturated heterocycles. The van der Waals surface area contributed by atoms with E-state index in [4.69, 9.17) is 14.2 Å². The Bertz CT molecular complexity index is 1100. The van der Waals surface area contributed by atoms with Crippen LogP contribution >= 0.6 is 0 Å². The summed E-state index contributed by atoms with van der Waals surface area (Å²) in [6.45, 7) is 2.48. The van der Waals surface area contributed by atoms with Crippen molar-refractivity contribution in [3.63, 3.8) is 0 Å². The third-order valence-corrected chi connectivity index (χ3v) is 5.57. The SMILES string of the molecule is COc1ccc(OC)c(-c2ccc(N3CCN(C(=O)Nc4ccccc4OC)CC3)nn2)c1. The molecular weight excluding hydrogens is 422 g/mol. The molecule has 0 saturated carbocycles. The van der Waals surface area contributed by atoms with E-state index >= 15 is 0 Å². The Labute approximate surface area is 192 Å². The van der Waals surface area contributed by atoms with Crippen molar-refractivity contribution in [2.75, 3.05) is 57.7 Å². The van der Waals surface area contributed by atoms with Crippen LogP contribution in [0.5, 0.6) is 17.2 Å². The predicted molar refractivity (Wildman–Crippen MR) is 126 cm³/mol. The first kappa shape index (κ1) is 22.2. The zero-order valence-electron chi connectivity index (χ0n) is 18.9. The first-order valence-corrected chi connectivity index (χ1v) is 10.6. The molecule has 2 amide bonds. The van der Waals surface area contributed by atoms with Gasteiger partial charge in [0.1, 0.15) is 17.2 Å². The highest BCUT2D eigenvalue weighted by atomic mass is 16.5. The van der Waals surface area contributed by atoms with Crippen LogP contribution in [0.1, 0.15) is 0 Å². The third-order valence-electron chi connectivity index (χ3n) is 5.57. The predicted octanol–water partition coefficient (Wildman–Crippen LogP) is 3.52. The molecule has 2 heterocycles. The molecule has 33 heavy (non-hydrogen) atoms. The van der Waals surface area contributed by atoms with Crippen molar-refractivity contribution in [3.8, 4) is 28.5 Å². The smallest absolute Gasteiger partial charge is 0.322 e. The average molecular weight is 450 g/mol. The summed E-state index contributed by atoms with van der Waals surface area (Å²) in [5.74, 6) is 2.82. The molecule has 2 aromatic carbocycles. The van der Waals surface area contributed by atoms with Crippen LogP contribution in [0.25, 0.3) is 11.3 Å². The fourth-order valence-electron chi connectivity index (χ4n) is 3.73. The van der Waals surface area contributed by atoms with Crippen LogP contribution in [-0.4, -0.2) is 68.6 Å². The maximum Gasteiger partial charge on any atom is 0.322 e. The second-order valence-corrected chi connectivity index (χ2v) is 7.45. The zero-order valence-corrected chi connectivity index (χ0v) is 18.9. The summed E-state index contributed by atoms with van der Waals surface area (Å²) < 4.78 is 16.1. The molecule has 1 aliphatic heterocycles. The van der Waals surface area contributed by atoms with Crippen LogP contribution in [0, 0.1) is 0 Å². The number of carbonyl (C=O) groups is 1. The van der Waals surface area contributed by atoms with E-state index in [1.165, 1.54) is 0 Å². The number of carbonyl (C=O) groups excluding carboxylic acids is 1. The van der Waals surface area contributed by atoms with Crippen LogP contribution in [0.15, 0.2) is 54.6 Å². The monoisotopic (exact) mass is 449 g/mol. The Hall–Kier alpha value is -4.01. The number of ether oxygens (including phenoxy) is 3. The fraction of sp³-hybridized carbons (Fsp3) is 0.292. The number of amides is 2. The number of aromatic nitrogens is 2. The van der Waals surface area contributed by atoms with Crippen molar-refractivity contribution in [3.05, 3.63) is 54.6 Å². The van der Waals surface area contributed by atoms with Gasteiger partial charge in [-0.3, -0.25) is 0 Å². The number of piperazine rings is 1. The topological polar surface area (TPSA) is 89.1 Å². The lowest BCUT2D eigenvalue weighted by Crippen LogP contribution is -2.50. The molecule has 0 atom stereocenters. The van der Waals surface area contributed by atoms with E-state index < -0.39 is 0 Å². The molecule has 0 unspecified atom stereocenters. The van der Waals surface area contributed by atoms with Crippen molar-refractivity contribution in [2.24, 2.45) is 0 Å². The molecule has 9 heteroatoms. The summed E-state index contributed by atoms with van der Waals surface area (Å²) in [5, 5.41) is 11.7. The molecule has 0 bridgehead atoms. The third kappa shape index (κ3) is 4.92. The summed E-state index contributed by atoms with van der Waals surface area (Å²) >= 11 is 0. The minimum atomic E-state index is -0.147. The van der Waals surface area contributed by atoms with E-state index in [-0.39, 0.29) is 6.03 Å². The number of nitrogens with zero attached hydrogens (tertiary/aromatic N) is 4. The highest BCUT2D eigenvalue weighted by molar-refractivity contribution is 5.91. The lowest BCUT2D eigenvalue weighted by Gasteiger charge is -2.35. The molecule has 172 valence electrons. The standard InChI is InChI=1S/C24H27N5O4/c1-31-17-8-10-21(32-2)18(16-17)19-9-11-23(27-26-19)28-12-14-29(15-13-28)24(30)25-20-6-4-5-7-22(20)33-3/h4-11,16H,12-15H2,1-3H3,(H,25,30). The Balaban J connectivity index is 1.39. The normalized spacial score (nSPS) is 13.4. The molecule has 1 fully saturated rings. The van der Waals surface area contributed by atoms with Crippen molar-refractivity contribution in [1.82, 2.24) is 15.1 Å². The summed E-state index contributed by atoms with van der Waals surface area (Å²) in [6.07, 6.45) is 0. The largest absolute Gasteiger partial charge is 0.497 e. The van der Waals surface area contributed by atoms with Crippen molar-refractivity contribution in [2.45, 2.75) is 0 Å². The van der Waals surface area contributed by atoms with Crippen LogP contribution in [0.3, 0.4) is 0 Å². The first-order valence-electron chi connectivity index (χ1n) is 10.6. The molecule has 0 aliphatic carbocycles. The summed E-state index contributed by atoms with van der Waals surface area (Å²) in [5.41, 5.74) is 2.17.